The van der Waals surface area contributed by atoms with Crippen LogP contribution in [0.4, 0.5) is 5.88 Å². The normalized spacial score (nSPS) is 20.7. The van der Waals surface area contributed by atoms with Crippen molar-refractivity contribution < 1.29 is 12.8 Å². The Labute approximate surface area is 163 Å². The second kappa shape index (κ2) is 7.13. The lowest BCUT2D eigenvalue weighted by molar-refractivity contribution is 0.342. The summed E-state index contributed by atoms with van der Waals surface area (Å²) in [6.07, 6.45) is 1.13. The lowest BCUT2D eigenvalue weighted by Gasteiger charge is -2.34. The molecular formula is C20H22N2O3S2. The molecule has 1 fully saturated rings. The molecule has 0 bridgehead atoms. The molecule has 27 heavy (non-hydrogen) atoms. The van der Waals surface area contributed by atoms with Crippen LogP contribution < -0.4 is 4.90 Å². The van der Waals surface area contributed by atoms with Crippen LogP contribution in [0.25, 0.3) is 10.8 Å². The van der Waals surface area contributed by atoms with E-state index in [4.69, 9.17) is 4.42 Å². The second-order valence-corrected chi connectivity index (χ2v) is 10.1. The number of nitrogens with zero attached hydrogens (tertiary/aromatic N) is 2. The molecule has 0 spiro atoms. The van der Waals surface area contributed by atoms with Crippen molar-refractivity contribution in [3.8, 4) is 10.8 Å². The van der Waals surface area contributed by atoms with Gasteiger partial charge in [-0.25, -0.2) is 8.42 Å². The van der Waals surface area contributed by atoms with Crippen molar-refractivity contribution in [2.24, 2.45) is 11.8 Å². The summed E-state index contributed by atoms with van der Waals surface area (Å²) in [6.45, 7) is 5.90. The first-order valence-corrected chi connectivity index (χ1v) is 11.4. The Hall–Kier alpha value is -2.12. The summed E-state index contributed by atoms with van der Waals surface area (Å²) in [5.74, 6) is 1.66. The molecule has 2 aromatic heterocycles. The van der Waals surface area contributed by atoms with Gasteiger partial charge in [-0.15, -0.1) is 11.3 Å². The average molecular weight is 403 g/mol. The van der Waals surface area contributed by atoms with Gasteiger partial charge in [-0.2, -0.15) is 4.98 Å². The van der Waals surface area contributed by atoms with Crippen LogP contribution in [0, 0.1) is 11.8 Å². The molecule has 0 amide bonds. The molecule has 1 aromatic carbocycles. The number of anilines is 1. The van der Waals surface area contributed by atoms with Crippen molar-refractivity contribution in [1.29, 1.82) is 0 Å². The number of benzene rings is 1. The first kappa shape index (κ1) is 18.3. The first-order valence-electron chi connectivity index (χ1n) is 9.05. The molecule has 4 rings (SSSR count). The van der Waals surface area contributed by atoms with Crippen LogP contribution in [0.1, 0.15) is 20.3 Å². The van der Waals surface area contributed by atoms with Crippen LogP contribution >= 0.6 is 11.3 Å². The average Bonchev–Trinajstić information content (AvgIpc) is 3.31. The van der Waals surface area contributed by atoms with E-state index < -0.39 is 9.84 Å². The van der Waals surface area contributed by atoms with Crippen molar-refractivity contribution in [3.05, 3.63) is 47.8 Å². The Kier molecular flexibility index (Phi) is 4.82. The summed E-state index contributed by atoms with van der Waals surface area (Å²) in [4.78, 5) is 7.54. The highest BCUT2D eigenvalue weighted by atomic mass is 32.2. The molecule has 1 saturated heterocycles. The number of oxazole rings is 1. The van der Waals surface area contributed by atoms with Crippen LogP contribution in [0.2, 0.25) is 0 Å². The highest BCUT2D eigenvalue weighted by Crippen LogP contribution is 2.38. The van der Waals surface area contributed by atoms with Gasteiger partial charge in [-0.05, 0) is 41.8 Å². The predicted molar refractivity (Wildman–Crippen MR) is 107 cm³/mol. The van der Waals surface area contributed by atoms with Gasteiger partial charge >= 0.3 is 0 Å². The Bertz CT molecular complexity index is 1000. The molecule has 3 heterocycles. The van der Waals surface area contributed by atoms with Gasteiger partial charge in [-0.1, -0.05) is 38.1 Å². The fraction of sp³-hybridized carbons (Fsp3) is 0.350. The Morgan fingerprint density at radius 1 is 1.07 bits per heavy atom. The van der Waals surface area contributed by atoms with Crippen LogP contribution in [0.5, 0.6) is 0 Å². The molecule has 0 N–H and O–H groups in total. The molecular weight excluding hydrogens is 380 g/mol. The Balaban J connectivity index is 1.84. The van der Waals surface area contributed by atoms with Gasteiger partial charge in [0.25, 0.3) is 0 Å². The fourth-order valence-electron chi connectivity index (χ4n) is 3.72. The number of hydrogen-bond acceptors (Lipinski definition) is 6. The van der Waals surface area contributed by atoms with Gasteiger partial charge in [0.2, 0.25) is 26.6 Å². The summed E-state index contributed by atoms with van der Waals surface area (Å²) >= 11 is 1.48. The highest BCUT2D eigenvalue weighted by molar-refractivity contribution is 7.91. The minimum atomic E-state index is -3.77. The maximum atomic E-state index is 13.3. The number of rotatable bonds is 4. The minimum Gasteiger partial charge on any atom is -0.418 e. The van der Waals surface area contributed by atoms with Crippen molar-refractivity contribution >= 4 is 27.1 Å². The predicted octanol–water partition coefficient (Wildman–Crippen LogP) is 4.72. The van der Waals surface area contributed by atoms with E-state index in [0.717, 1.165) is 24.4 Å². The van der Waals surface area contributed by atoms with E-state index in [1.165, 1.54) is 11.3 Å². The fourth-order valence-corrected chi connectivity index (χ4v) is 5.71. The standard InChI is InChI=1S/C20H22N2O3S2/c1-14-11-15(2)13-22(12-14)20-19(21-18(25-20)17-9-6-10-26-17)27(23,24)16-7-4-3-5-8-16/h3-10,14-15H,11-13H2,1-2H3/t14-,15+. The molecule has 0 aliphatic carbocycles. The zero-order chi connectivity index (χ0) is 19.0. The smallest absolute Gasteiger partial charge is 0.240 e. The zero-order valence-electron chi connectivity index (χ0n) is 15.3. The van der Waals surface area contributed by atoms with Gasteiger partial charge in [-0.3, -0.25) is 0 Å². The van der Waals surface area contributed by atoms with Crippen molar-refractivity contribution in [3.63, 3.8) is 0 Å². The third-order valence-corrected chi connectivity index (χ3v) is 7.30. The molecule has 1 aliphatic heterocycles. The van der Waals surface area contributed by atoms with Gasteiger partial charge in [0.1, 0.15) is 0 Å². The van der Waals surface area contributed by atoms with Crippen LogP contribution in [-0.2, 0) is 9.84 Å². The van der Waals surface area contributed by atoms with E-state index in [-0.39, 0.29) is 9.92 Å². The topological polar surface area (TPSA) is 63.4 Å². The number of aromatic nitrogens is 1. The summed E-state index contributed by atoms with van der Waals surface area (Å²) in [6, 6.07) is 12.2. The molecule has 1 aliphatic rings. The van der Waals surface area contributed by atoms with Crippen LogP contribution in [0.3, 0.4) is 0 Å². The Morgan fingerprint density at radius 3 is 2.41 bits per heavy atom. The summed E-state index contributed by atoms with van der Waals surface area (Å²) in [5.41, 5.74) is 0. The third kappa shape index (κ3) is 3.53. The molecule has 5 nitrogen and oxygen atoms in total. The lowest BCUT2D eigenvalue weighted by Crippen LogP contribution is -2.39. The van der Waals surface area contributed by atoms with Gasteiger partial charge in [0.15, 0.2) is 0 Å². The maximum absolute atomic E-state index is 13.3. The number of piperidine rings is 1. The minimum absolute atomic E-state index is 0.0124. The summed E-state index contributed by atoms with van der Waals surface area (Å²) < 4.78 is 32.6. The summed E-state index contributed by atoms with van der Waals surface area (Å²) in [5, 5.41) is 1.94. The summed E-state index contributed by atoms with van der Waals surface area (Å²) in [7, 11) is -3.77. The van der Waals surface area contributed by atoms with E-state index >= 15 is 0 Å². The zero-order valence-corrected chi connectivity index (χ0v) is 17.0. The van der Waals surface area contributed by atoms with Crippen molar-refractivity contribution in [2.75, 3.05) is 18.0 Å². The van der Waals surface area contributed by atoms with Crippen molar-refractivity contribution in [1.82, 2.24) is 4.98 Å². The quantitative estimate of drug-likeness (QED) is 0.632. The molecule has 2 atom stereocenters. The first-order chi connectivity index (χ1) is 12.9. The van der Waals surface area contributed by atoms with Gasteiger partial charge in [0.05, 0.1) is 9.77 Å². The maximum Gasteiger partial charge on any atom is 0.240 e. The lowest BCUT2D eigenvalue weighted by atomic mass is 9.92. The van der Waals surface area contributed by atoms with Crippen LogP contribution in [-0.4, -0.2) is 26.5 Å². The van der Waals surface area contributed by atoms with E-state index in [2.05, 4.69) is 18.8 Å². The van der Waals surface area contributed by atoms with Gasteiger partial charge < -0.3 is 9.32 Å². The SMILES string of the molecule is C[C@@H]1C[C@H](C)CN(c2oc(-c3cccs3)nc2S(=O)(=O)c2ccccc2)C1. The molecule has 0 saturated carbocycles. The van der Waals surface area contributed by atoms with E-state index in [0.29, 0.717) is 23.6 Å². The monoisotopic (exact) mass is 402 g/mol. The largest absolute Gasteiger partial charge is 0.418 e. The van der Waals surface area contributed by atoms with Gasteiger partial charge in [0, 0.05) is 13.1 Å². The second-order valence-electron chi connectivity index (χ2n) is 7.27. The number of hydrogen-bond donors (Lipinski definition) is 0. The highest BCUT2D eigenvalue weighted by Gasteiger charge is 2.34. The van der Waals surface area contributed by atoms with E-state index in [1.807, 2.05) is 22.4 Å². The Morgan fingerprint density at radius 2 is 1.78 bits per heavy atom. The molecule has 7 heteroatoms. The number of sulfone groups is 1. The van der Waals surface area contributed by atoms with E-state index in [1.54, 1.807) is 30.3 Å². The van der Waals surface area contributed by atoms with E-state index in [9.17, 15) is 8.42 Å². The molecule has 0 unspecified atom stereocenters. The molecule has 3 aromatic rings. The number of thiophene rings is 1. The van der Waals surface area contributed by atoms with Crippen LogP contribution in [0.15, 0.2) is 62.2 Å². The molecule has 142 valence electrons. The third-order valence-electron chi connectivity index (χ3n) is 4.78. The molecule has 0 radical (unpaired) electrons. The van der Waals surface area contributed by atoms with Crippen molar-refractivity contribution in [2.45, 2.75) is 30.2 Å².